The van der Waals surface area contributed by atoms with Crippen molar-refractivity contribution in [3.05, 3.63) is 71.9 Å². The van der Waals surface area contributed by atoms with Gasteiger partial charge in [0.1, 0.15) is 48.3 Å². The number of guanidine groups is 2. The second kappa shape index (κ2) is 32.4. The van der Waals surface area contributed by atoms with Crippen molar-refractivity contribution in [1.82, 2.24) is 52.0 Å². The second-order valence-electron chi connectivity index (χ2n) is 21.8. The molecule has 3 aliphatic rings. The Morgan fingerprint density at radius 3 is 1.92 bits per heavy atom. The minimum Gasteiger partial charge on any atom is -0.370 e. The molecule has 8 atom stereocenters. The van der Waals surface area contributed by atoms with Gasteiger partial charge in [0, 0.05) is 69.6 Å². The standard InChI is InChI=1S/C58H86N16O9/c1-36-49(76)70-44(25-16-30-65-58(61)62)55(82)73-31-17-26-47(73)53(80)63-28-14-7-5-3-4-6-11-23-43(51(78)72-46(33-38-19-9-8-10-20-38)56(83)74-32-18-27-48(74)54(81)67-36)69-52(79)45(34-39-35-66-41-22-13-12-21-40(39)41)71-50(77)42(68-37(2)75)24-15-29-64-57(59)60/h8-10,12-13,19-22,35-36,42-48,66H,3-7,11,14-18,23-34H2,1-2H3,(H,63,80)(H,67,81)(H,68,75)(H,69,79)(H,70,76)(H,71,77)(H,72,78)(H4,59,60,64)(H4,61,62,65)/t36-,42-,43-,44-,45-,46-,47+,48-/m0/s1. The van der Waals surface area contributed by atoms with E-state index in [2.05, 4.69) is 52.2 Å². The second-order valence-corrected chi connectivity index (χ2v) is 21.8. The van der Waals surface area contributed by atoms with Gasteiger partial charge in [-0.3, -0.25) is 53.1 Å². The molecule has 452 valence electrons. The summed E-state index contributed by atoms with van der Waals surface area (Å²) >= 11 is 0. The van der Waals surface area contributed by atoms with E-state index in [1.807, 2.05) is 42.5 Å². The highest BCUT2D eigenvalue weighted by molar-refractivity contribution is 5.99. The monoisotopic (exact) mass is 1150 g/mol. The number of fused-ring (bicyclic) bond motifs is 3. The summed E-state index contributed by atoms with van der Waals surface area (Å²) in [7, 11) is 0. The lowest BCUT2D eigenvalue weighted by molar-refractivity contribution is -0.143. The molecule has 1 aromatic heterocycles. The lowest BCUT2D eigenvalue weighted by Crippen LogP contribution is -2.60. The number of nitrogens with one attached hydrogen (secondary N) is 8. The van der Waals surface area contributed by atoms with Crippen molar-refractivity contribution in [2.24, 2.45) is 32.9 Å². The zero-order valence-corrected chi connectivity index (χ0v) is 47.9. The highest BCUT2D eigenvalue weighted by atomic mass is 16.2. The van der Waals surface area contributed by atoms with Crippen LogP contribution in [0.25, 0.3) is 10.9 Å². The average Bonchev–Trinajstić information content (AvgIpc) is 4.36. The first kappa shape index (κ1) is 63.9. The summed E-state index contributed by atoms with van der Waals surface area (Å²) in [6.07, 6.45) is 9.85. The van der Waals surface area contributed by atoms with Crippen LogP contribution in [0.5, 0.6) is 0 Å². The summed E-state index contributed by atoms with van der Waals surface area (Å²) in [5.41, 5.74) is 24.4. The Bertz CT molecular complexity index is 2760. The van der Waals surface area contributed by atoms with Crippen LogP contribution >= 0.6 is 0 Å². The first-order valence-corrected chi connectivity index (χ1v) is 29.3. The normalized spacial score (nSPS) is 22.7. The first-order chi connectivity index (χ1) is 39.9. The van der Waals surface area contributed by atoms with Crippen LogP contribution in [0.15, 0.2) is 70.8 Å². The van der Waals surface area contributed by atoms with Crippen molar-refractivity contribution < 1.29 is 43.2 Å². The van der Waals surface area contributed by atoms with Crippen LogP contribution in [0.1, 0.15) is 128 Å². The summed E-state index contributed by atoms with van der Waals surface area (Å²) in [6.45, 7) is 4.02. The van der Waals surface area contributed by atoms with Crippen LogP contribution < -0.4 is 60.2 Å². The smallest absolute Gasteiger partial charge is 0.246 e. The number of benzene rings is 2. The molecular formula is C58H86N16O9. The molecule has 3 saturated heterocycles. The lowest BCUT2D eigenvalue weighted by Gasteiger charge is -2.31. The minimum atomic E-state index is -1.26. The van der Waals surface area contributed by atoms with E-state index < -0.39 is 95.6 Å². The molecule has 25 heteroatoms. The van der Waals surface area contributed by atoms with Crippen LogP contribution in [0.3, 0.4) is 0 Å². The van der Waals surface area contributed by atoms with E-state index in [1.54, 1.807) is 18.3 Å². The Morgan fingerprint density at radius 2 is 1.24 bits per heavy atom. The summed E-state index contributed by atoms with van der Waals surface area (Å²) in [5, 5.41) is 20.8. The van der Waals surface area contributed by atoms with Crippen molar-refractivity contribution in [1.29, 1.82) is 0 Å². The van der Waals surface area contributed by atoms with Crippen molar-refractivity contribution >= 4 is 76.0 Å². The van der Waals surface area contributed by atoms with Crippen LogP contribution in [-0.2, 0) is 56.0 Å². The molecule has 0 aliphatic carbocycles. The topological polar surface area (TPSA) is 389 Å². The van der Waals surface area contributed by atoms with Crippen LogP contribution in [-0.4, -0.2) is 161 Å². The highest BCUT2D eigenvalue weighted by Gasteiger charge is 2.41. The van der Waals surface area contributed by atoms with Gasteiger partial charge in [0.25, 0.3) is 0 Å². The summed E-state index contributed by atoms with van der Waals surface area (Å²) in [6, 6.07) is 7.78. The fourth-order valence-electron chi connectivity index (χ4n) is 11.0. The Kier molecular flexibility index (Phi) is 25.0. The molecule has 4 heterocycles. The van der Waals surface area contributed by atoms with Gasteiger partial charge in [-0.25, -0.2) is 0 Å². The van der Waals surface area contributed by atoms with Crippen LogP contribution in [0.2, 0.25) is 0 Å². The van der Waals surface area contributed by atoms with Gasteiger partial charge in [-0.05, 0) is 88.3 Å². The number of nitrogens with two attached hydrogens (primary N) is 4. The number of carbonyl (C=O) groups excluding carboxylic acids is 9. The molecule has 16 N–H and O–H groups in total. The van der Waals surface area contributed by atoms with Crippen molar-refractivity contribution in [2.45, 2.75) is 178 Å². The van der Waals surface area contributed by atoms with Gasteiger partial charge in [0.2, 0.25) is 53.2 Å². The molecular weight excluding hydrogens is 1060 g/mol. The zero-order valence-electron chi connectivity index (χ0n) is 47.9. The molecule has 2 aromatic carbocycles. The van der Waals surface area contributed by atoms with Gasteiger partial charge in [-0.1, -0.05) is 87.1 Å². The van der Waals surface area contributed by atoms with Crippen LogP contribution in [0, 0.1) is 0 Å². The molecule has 0 bridgehead atoms. The molecule has 3 aliphatic heterocycles. The van der Waals surface area contributed by atoms with Gasteiger partial charge in [-0.15, -0.1) is 0 Å². The number of nitrogens with zero attached hydrogens (tertiary/aromatic N) is 4. The molecule has 0 radical (unpaired) electrons. The molecule has 6 rings (SSSR count). The van der Waals surface area contributed by atoms with Gasteiger partial charge in [0.15, 0.2) is 11.9 Å². The number of aliphatic imine (C=N–C) groups is 2. The molecule has 9 amide bonds. The molecule has 0 spiro atoms. The third-order valence-corrected chi connectivity index (χ3v) is 15.4. The Labute approximate surface area is 484 Å². The number of carbonyl (C=O) groups is 9. The minimum absolute atomic E-state index is 0.00731. The molecule has 0 saturated carbocycles. The van der Waals surface area contributed by atoms with Crippen molar-refractivity contribution in [2.75, 3.05) is 32.7 Å². The summed E-state index contributed by atoms with van der Waals surface area (Å²) < 4.78 is 0. The predicted octanol–water partition coefficient (Wildman–Crippen LogP) is 0.241. The van der Waals surface area contributed by atoms with E-state index in [0.717, 1.165) is 36.6 Å². The maximum absolute atomic E-state index is 15.0. The van der Waals surface area contributed by atoms with Gasteiger partial charge in [0.05, 0.1) is 0 Å². The molecule has 83 heavy (non-hydrogen) atoms. The van der Waals surface area contributed by atoms with E-state index in [0.29, 0.717) is 75.6 Å². The largest absolute Gasteiger partial charge is 0.370 e. The Hall–Kier alpha value is -8.25. The number of aromatic amines is 1. The molecule has 25 nitrogen and oxygen atoms in total. The molecule has 3 aromatic rings. The van der Waals surface area contributed by atoms with Crippen molar-refractivity contribution in [3.63, 3.8) is 0 Å². The maximum Gasteiger partial charge on any atom is 0.246 e. The zero-order chi connectivity index (χ0) is 59.8. The SMILES string of the molecule is CC(=O)N[C@@H](CCCN=C(N)N)C(=O)N[C@@H](Cc1c[nH]c2ccccc12)C(=O)N[C@H]1CCCCCCCCCNC(=O)[C@H]2CCCN2C(=O)[C@H](CCCN=C(N)N)NC(=O)[C@H](C)NC(=O)[C@@H]2CCCN2C(=O)[C@H](Cc2ccccc2)NC1=O. The fraction of sp³-hybridized carbons (Fsp3) is 0.569. The number of rotatable bonds is 17. The third kappa shape index (κ3) is 19.7. The van der Waals surface area contributed by atoms with Crippen LogP contribution in [0.4, 0.5) is 0 Å². The number of amides is 9. The van der Waals surface area contributed by atoms with Crippen molar-refractivity contribution in [3.8, 4) is 0 Å². The van der Waals surface area contributed by atoms with E-state index in [-0.39, 0.29) is 76.0 Å². The summed E-state index contributed by atoms with van der Waals surface area (Å²) in [5.74, 6) is -5.25. The number of hydrogen-bond donors (Lipinski definition) is 12. The van der Waals surface area contributed by atoms with E-state index in [9.17, 15) is 43.2 Å². The summed E-state index contributed by atoms with van der Waals surface area (Å²) in [4.78, 5) is 142. The number of H-pyrrole nitrogens is 1. The Balaban J connectivity index is 1.28. The van der Waals surface area contributed by atoms with E-state index in [1.165, 1.54) is 23.6 Å². The maximum atomic E-state index is 15.0. The fourth-order valence-corrected chi connectivity index (χ4v) is 11.0. The van der Waals surface area contributed by atoms with E-state index in [4.69, 9.17) is 22.9 Å². The quantitative estimate of drug-likeness (QED) is 0.0490. The first-order valence-electron chi connectivity index (χ1n) is 29.3. The molecule has 3 fully saturated rings. The van der Waals surface area contributed by atoms with Gasteiger partial charge in [-0.2, -0.15) is 0 Å². The average molecular weight is 1150 g/mol. The third-order valence-electron chi connectivity index (χ3n) is 15.4. The van der Waals surface area contributed by atoms with E-state index >= 15 is 0 Å². The van der Waals surface area contributed by atoms with Gasteiger partial charge >= 0.3 is 0 Å². The number of para-hydroxylation sites is 1. The molecule has 0 unspecified atom stereocenters. The number of aromatic nitrogens is 1. The predicted molar refractivity (Wildman–Crippen MR) is 314 cm³/mol. The highest BCUT2D eigenvalue weighted by Crippen LogP contribution is 2.24. The lowest BCUT2D eigenvalue weighted by atomic mass is 10.00. The number of hydrogen-bond acceptors (Lipinski definition) is 11. The van der Waals surface area contributed by atoms with Gasteiger partial charge < -0.3 is 74.9 Å². The Morgan fingerprint density at radius 1 is 0.639 bits per heavy atom.